The van der Waals surface area contributed by atoms with Crippen molar-refractivity contribution < 1.29 is 40.7 Å². The number of halogens is 4. The van der Waals surface area contributed by atoms with Crippen LogP contribution in [0.4, 0.5) is 18.9 Å². The third-order valence-electron chi connectivity index (χ3n) is 3.67. The Balaban J connectivity index is 1.92. The molecule has 168 valence electrons. The Morgan fingerprint density at radius 3 is 2.48 bits per heavy atom. The zero-order chi connectivity index (χ0) is 23.2. The average molecular weight is 481 g/mol. The van der Waals surface area contributed by atoms with Crippen molar-refractivity contribution in [2.24, 2.45) is 0 Å². The fraction of sp³-hybridized carbons (Fsp3) is 0.222. The lowest BCUT2D eigenvalue weighted by Crippen LogP contribution is -2.32. The normalized spacial score (nSPS) is 11.6. The van der Waals surface area contributed by atoms with Crippen LogP contribution in [-0.2, 0) is 30.5 Å². The predicted molar refractivity (Wildman–Crippen MR) is 104 cm³/mol. The van der Waals surface area contributed by atoms with Crippen LogP contribution in [0.5, 0.6) is 5.75 Å². The van der Waals surface area contributed by atoms with Gasteiger partial charge in [-0.05, 0) is 30.3 Å². The number of esters is 1. The Kier molecular flexibility index (Phi) is 7.87. The van der Waals surface area contributed by atoms with E-state index < -0.39 is 56.7 Å². The first-order valence-corrected chi connectivity index (χ1v) is 10.2. The molecule has 0 radical (unpaired) electrons. The molecule has 0 aliphatic rings. The lowest BCUT2D eigenvalue weighted by molar-refractivity contribution is -0.146. The van der Waals surface area contributed by atoms with Gasteiger partial charge in [-0.15, -0.1) is 0 Å². The smallest absolute Gasteiger partial charge is 0.416 e. The van der Waals surface area contributed by atoms with E-state index >= 15 is 0 Å². The lowest BCUT2D eigenvalue weighted by Gasteiger charge is -2.12. The number of carbonyl (C=O) groups is 2. The van der Waals surface area contributed by atoms with E-state index in [4.69, 9.17) is 16.3 Å². The minimum atomic E-state index is -4.79. The number of anilines is 1. The van der Waals surface area contributed by atoms with Crippen LogP contribution < -0.4 is 14.8 Å². The molecule has 0 aliphatic carbocycles. The topological polar surface area (TPSA) is 111 Å². The van der Waals surface area contributed by atoms with Crippen LogP contribution in [0.25, 0.3) is 0 Å². The van der Waals surface area contributed by atoms with Gasteiger partial charge in [0.1, 0.15) is 17.2 Å². The number of nitrogens with one attached hydrogen (secondary N) is 2. The number of hydrogen-bond acceptors (Lipinski definition) is 6. The molecule has 13 heteroatoms. The second-order valence-electron chi connectivity index (χ2n) is 5.91. The van der Waals surface area contributed by atoms with E-state index in [1.54, 1.807) is 22.9 Å². The van der Waals surface area contributed by atoms with Crippen LogP contribution in [0.1, 0.15) is 5.56 Å². The van der Waals surface area contributed by atoms with E-state index in [1.807, 2.05) is 0 Å². The number of ether oxygens (including phenoxy) is 2. The second kappa shape index (κ2) is 9.98. The van der Waals surface area contributed by atoms with Crippen molar-refractivity contribution in [3.8, 4) is 5.75 Å². The first-order chi connectivity index (χ1) is 14.4. The zero-order valence-electron chi connectivity index (χ0n) is 15.8. The molecule has 2 aromatic rings. The summed E-state index contributed by atoms with van der Waals surface area (Å²) in [6.45, 7) is -1.65. The molecule has 0 spiro atoms. The van der Waals surface area contributed by atoms with Gasteiger partial charge in [0, 0.05) is 11.8 Å². The van der Waals surface area contributed by atoms with Crippen LogP contribution in [0, 0.1) is 0 Å². The van der Waals surface area contributed by atoms with Gasteiger partial charge in [0.2, 0.25) is 10.0 Å². The minimum absolute atomic E-state index is 0.345. The summed E-state index contributed by atoms with van der Waals surface area (Å²) in [5.74, 6) is -1.35. The van der Waals surface area contributed by atoms with Crippen molar-refractivity contribution in [2.45, 2.75) is 11.1 Å². The van der Waals surface area contributed by atoms with Gasteiger partial charge in [-0.1, -0.05) is 17.7 Å². The van der Waals surface area contributed by atoms with Gasteiger partial charge in [-0.3, -0.25) is 9.59 Å². The first-order valence-electron chi connectivity index (χ1n) is 8.38. The largest absolute Gasteiger partial charge is 0.497 e. The number of amides is 1. The quantitative estimate of drug-likeness (QED) is 0.562. The van der Waals surface area contributed by atoms with Crippen molar-refractivity contribution in [3.63, 3.8) is 0 Å². The maximum atomic E-state index is 12.8. The van der Waals surface area contributed by atoms with Crippen molar-refractivity contribution in [1.82, 2.24) is 4.72 Å². The van der Waals surface area contributed by atoms with E-state index in [0.29, 0.717) is 23.6 Å². The number of hydrogen-bond donors (Lipinski definition) is 2. The summed E-state index contributed by atoms with van der Waals surface area (Å²) < 4.78 is 74.3. The molecule has 0 atom stereocenters. The van der Waals surface area contributed by atoms with E-state index in [2.05, 4.69) is 10.1 Å². The highest BCUT2D eigenvalue weighted by molar-refractivity contribution is 7.89. The molecule has 1 amide bonds. The molecule has 0 unspecified atom stereocenters. The molecule has 31 heavy (non-hydrogen) atoms. The average Bonchev–Trinajstić information content (AvgIpc) is 2.70. The molecule has 2 N–H and O–H groups in total. The predicted octanol–water partition coefficient (Wildman–Crippen LogP) is 2.83. The van der Waals surface area contributed by atoms with Gasteiger partial charge in [0.05, 0.1) is 17.7 Å². The van der Waals surface area contributed by atoms with Crippen molar-refractivity contribution in [2.75, 3.05) is 25.6 Å². The number of benzene rings is 2. The van der Waals surface area contributed by atoms with E-state index in [0.717, 1.165) is 6.07 Å². The fourth-order valence-corrected chi connectivity index (χ4v) is 3.70. The minimum Gasteiger partial charge on any atom is -0.497 e. The van der Waals surface area contributed by atoms with Crippen LogP contribution >= 0.6 is 11.6 Å². The Morgan fingerprint density at radius 1 is 1.13 bits per heavy atom. The molecule has 0 aromatic heterocycles. The number of rotatable bonds is 8. The van der Waals surface area contributed by atoms with E-state index in [-0.39, 0.29) is 0 Å². The third-order valence-corrected chi connectivity index (χ3v) is 5.56. The highest BCUT2D eigenvalue weighted by atomic mass is 35.5. The number of carbonyl (C=O) groups excluding carboxylic acids is 2. The SMILES string of the molecule is COc1cccc(NC(=O)COC(=O)CNS(=O)(=O)c2cc(C(F)(F)F)ccc2Cl)c1. The van der Waals surface area contributed by atoms with E-state index in [1.165, 1.54) is 13.2 Å². The van der Waals surface area contributed by atoms with Gasteiger partial charge < -0.3 is 14.8 Å². The summed E-state index contributed by atoms with van der Waals surface area (Å²) in [5, 5.41) is 1.97. The van der Waals surface area contributed by atoms with E-state index in [9.17, 15) is 31.2 Å². The molecule has 0 heterocycles. The number of methoxy groups -OCH3 is 1. The molecule has 2 rings (SSSR count). The molecular formula is C18H16ClF3N2O6S. The van der Waals surface area contributed by atoms with Gasteiger partial charge in [0.25, 0.3) is 5.91 Å². The van der Waals surface area contributed by atoms with Crippen LogP contribution in [0.2, 0.25) is 5.02 Å². The van der Waals surface area contributed by atoms with Crippen molar-refractivity contribution >= 4 is 39.2 Å². The Morgan fingerprint density at radius 2 is 1.84 bits per heavy atom. The Labute approximate surface area is 180 Å². The summed E-state index contributed by atoms with van der Waals surface area (Å²) in [7, 11) is -3.12. The van der Waals surface area contributed by atoms with Crippen molar-refractivity contribution in [3.05, 3.63) is 53.1 Å². The molecule has 0 bridgehead atoms. The number of alkyl halides is 3. The summed E-state index contributed by atoms with van der Waals surface area (Å²) in [5.41, 5.74) is -0.852. The monoisotopic (exact) mass is 480 g/mol. The summed E-state index contributed by atoms with van der Waals surface area (Å²) >= 11 is 5.68. The standard InChI is InChI=1S/C18H16ClF3N2O6S/c1-29-13-4-2-3-12(8-13)24-16(25)10-30-17(26)9-23-31(27,28)15-7-11(18(20,21)22)5-6-14(15)19/h2-8,23H,9-10H2,1H3,(H,24,25). The van der Waals surface area contributed by atoms with Gasteiger partial charge >= 0.3 is 12.1 Å². The zero-order valence-corrected chi connectivity index (χ0v) is 17.4. The van der Waals surface area contributed by atoms with Gasteiger partial charge in [-0.25, -0.2) is 8.42 Å². The molecule has 0 aliphatic heterocycles. The molecular weight excluding hydrogens is 465 g/mol. The second-order valence-corrected chi connectivity index (χ2v) is 8.05. The van der Waals surface area contributed by atoms with Crippen LogP contribution in [-0.4, -0.2) is 40.6 Å². The van der Waals surface area contributed by atoms with Crippen LogP contribution in [0.15, 0.2) is 47.4 Å². The molecule has 0 saturated heterocycles. The Hall–Kier alpha value is -2.83. The molecule has 0 saturated carbocycles. The maximum Gasteiger partial charge on any atom is 0.416 e. The third kappa shape index (κ3) is 7.12. The van der Waals surface area contributed by atoms with Crippen LogP contribution in [0.3, 0.4) is 0 Å². The van der Waals surface area contributed by atoms with Gasteiger partial charge in [0.15, 0.2) is 6.61 Å². The first kappa shape index (κ1) is 24.4. The van der Waals surface area contributed by atoms with Crippen molar-refractivity contribution in [1.29, 1.82) is 0 Å². The summed E-state index contributed by atoms with van der Waals surface area (Å²) in [6, 6.07) is 8.10. The summed E-state index contributed by atoms with van der Waals surface area (Å²) in [4.78, 5) is 22.7. The van der Waals surface area contributed by atoms with Gasteiger partial charge in [-0.2, -0.15) is 17.9 Å². The highest BCUT2D eigenvalue weighted by Gasteiger charge is 2.32. The molecule has 0 fully saturated rings. The Bertz CT molecular complexity index is 1080. The maximum absolute atomic E-state index is 12.8. The fourth-order valence-electron chi connectivity index (χ4n) is 2.21. The molecule has 8 nitrogen and oxygen atoms in total. The highest BCUT2D eigenvalue weighted by Crippen LogP contribution is 2.33. The summed E-state index contributed by atoms with van der Waals surface area (Å²) in [6.07, 6.45) is -4.79. The molecule has 2 aromatic carbocycles. The number of sulfonamides is 1. The lowest BCUT2D eigenvalue weighted by atomic mass is 10.2.